The first-order valence-corrected chi connectivity index (χ1v) is 7.42. The lowest BCUT2D eigenvalue weighted by molar-refractivity contribution is -0.119. The molecule has 0 saturated carbocycles. The van der Waals surface area contributed by atoms with Crippen molar-refractivity contribution in [2.75, 3.05) is 36.0 Å². The molecule has 0 aromatic heterocycles. The molecule has 2 saturated heterocycles. The van der Waals surface area contributed by atoms with Gasteiger partial charge in [0.05, 0.1) is 31.0 Å². The summed E-state index contributed by atoms with van der Waals surface area (Å²) in [6.45, 7) is 2.25. The van der Waals surface area contributed by atoms with E-state index < -0.39 is 24.1 Å². The maximum Gasteiger partial charge on any atom is 0.414 e. The predicted octanol–water partition coefficient (Wildman–Crippen LogP) is 1.24. The number of ether oxygens (including phenoxy) is 2. The molecular weight excluding hydrogens is 321 g/mol. The molecule has 0 radical (unpaired) electrons. The van der Waals surface area contributed by atoms with Crippen molar-refractivity contribution in [2.45, 2.75) is 13.0 Å². The average molecular weight is 337 g/mol. The molecule has 1 unspecified atom stereocenters. The maximum atomic E-state index is 14.4. The second-order valence-electron chi connectivity index (χ2n) is 5.46. The van der Waals surface area contributed by atoms with Crippen molar-refractivity contribution in [3.63, 3.8) is 0 Å². The second-order valence-corrected chi connectivity index (χ2v) is 5.46. The zero-order valence-corrected chi connectivity index (χ0v) is 13.0. The van der Waals surface area contributed by atoms with E-state index >= 15 is 0 Å². The quantitative estimate of drug-likeness (QED) is 0.893. The van der Waals surface area contributed by atoms with Crippen LogP contribution in [0.4, 0.5) is 25.4 Å². The Morgan fingerprint density at radius 1 is 1.33 bits per heavy atom. The Kier molecular flexibility index (Phi) is 4.24. The molecule has 8 nitrogen and oxygen atoms in total. The zero-order chi connectivity index (χ0) is 17.3. The molecule has 1 aromatic rings. The molecule has 3 rings (SSSR count). The topological polar surface area (TPSA) is 88.2 Å². The van der Waals surface area contributed by atoms with Crippen LogP contribution in [0, 0.1) is 5.82 Å². The average Bonchev–Trinajstić information content (AvgIpc) is 3.11. The number of hydrogen-bond acceptors (Lipinski definition) is 5. The summed E-state index contributed by atoms with van der Waals surface area (Å²) in [6, 6.07) is 4.13. The van der Waals surface area contributed by atoms with E-state index in [1.165, 1.54) is 24.0 Å². The van der Waals surface area contributed by atoms with Crippen molar-refractivity contribution in [3.05, 3.63) is 24.0 Å². The molecule has 2 fully saturated rings. The number of anilines is 2. The predicted molar refractivity (Wildman–Crippen MR) is 81.4 cm³/mol. The van der Waals surface area contributed by atoms with Crippen LogP contribution in [0.25, 0.3) is 0 Å². The third kappa shape index (κ3) is 3.10. The molecule has 1 atom stereocenters. The summed E-state index contributed by atoms with van der Waals surface area (Å²) >= 11 is 0. The first-order valence-electron chi connectivity index (χ1n) is 7.42. The molecule has 0 bridgehead atoms. The first-order chi connectivity index (χ1) is 11.5. The summed E-state index contributed by atoms with van der Waals surface area (Å²) < 4.78 is 24.3. The van der Waals surface area contributed by atoms with Gasteiger partial charge in [-0.15, -0.1) is 0 Å². The Balaban J connectivity index is 1.74. The lowest BCUT2D eigenvalue weighted by Crippen LogP contribution is -2.33. The van der Waals surface area contributed by atoms with Crippen LogP contribution in [0.15, 0.2) is 18.2 Å². The summed E-state index contributed by atoms with van der Waals surface area (Å²) in [7, 11) is 0. The number of carbonyl (C=O) groups is 3. The van der Waals surface area contributed by atoms with Gasteiger partial charge >= 0.3 is 12.2 Å². The van der Waals surface area contributed by atoms with Crippen molar-refractivity contribution in [3.8, 4) is 0 Å². The summed E-state index contributed by atoms with van der Waals surface area (Å²) in [4.78, 5) is 36.8. The Bertz CT molecular complexity index is 696. The number of carbonyl (C=O) groups excluding carboxylic acids is 3. The Morgan fingerprint density at radius 3 is 2.75 bits per heavy atom. The molecule has 2 aliphatic heterocycles. The monoisotopic (exact) mass is 337 g/mol. The van der Waals surface area contributed by atoms with E-state index in [1.807, 2.05) is 0 Å². The van der Waals surface area contributed by atoms with Crippen LogP contribution in [0.3, 0.4) is 0 Å². The minimum atomic E-state index is -0.683. The van der Waals surface area contributed by atoms with Gasteiger partial charge in [0.15, 0.2) is 0 Å². The van der Waals surface area contributed by atoms with E-state index in [-0.39, 0.29) is 31.3 Å². The molecule has 2 aliphatic rings. The van der Waals surface area contributed by atoms with Crippen LogP contribution in [0.5, 0.6) is 0 Å². The molecular formula is C15H16FN3O5. The summed E-state index contributed by atoms with van der Waals surface area (Å²) in [6.07, 6.45) is -1.76. The normalized spacial score (nSPS) is 20.2. The van der Waals surface area contributed by atoms with Gasteiger partial charge in [0.1, 0.15) is 18.5 Å². The van der Waals surface area contributed by atoms with Gasteiger partial charge in [0, 0.05) is 6.92 Å². The van der Waals surface area contributed by atoms with Gasteiger partial charge in [-0.2, -0.15) is 0 Å². The lowest BCUT2D eigenvalue weighted by Gasteiger charge is -2.17. The fraction of sp³-hybridized carbons (Fsp3) is 0.400. The third-order valence-corrected chi connectivity index (χ3v) is 3.75. The number of nitrogens with one attached hydrogen (secondary N) is 1. The van der Waals surface area contributed by atoms with Crippen molar-refractivity contribution in [1.82, 2.24) is 5.32 Å². The highest BCUT2D eigenvalue weighted by Crippen LogP contribution is 2.29. The molecule has 1 N–H and O–H groups in total. The van der Waals surface area contributed by atoms with Crippen LogP contribution < -0.4 is 15.1 Å². The number of nitrogens with zero attached hydrogens (tertiary/aromatic N) is 2. The van der Waals surface area contributed by atoms with Crippen LogP contribution >= 0.6 is 0 Å². The van der Waals surface area contributed by atoms with Gasteiger partial charge in [-0.1, -0.05) is 0 Å². The van der Waals surface area contributed by atoms with Gasteiger partial charge in [0.25, 0.3) is 0 Å². The zero-order valence-electron chi connectivity index (χ0n) is 13.0. The van der Waals surface area contributed by atoms with Crippen LogP contribution in [0.2, 0.25) is 0 Å². The highest BCUT2D eigenvalue weighted by Gasteiger charge is 2.34. The Hall–Kier alpha value is -2.84. The van der Waals surface area contributed by atoms with E-state index in [2.05, 4.69) is 5.32 Å². The molecule has 128 valence electrons. The van der Waals surface area contributed by atoms with Gasteiger partial charge in [0.2, 0.25) is 5.91 Å². The van der Waals surface area contributed by atoms with Gasteiger partial charge in [-0.3, -0.25) is 14.6 Å². The highest BCUT2D eigenvalue weighted by molar-refractivity contribution is 5.92. The molecule has 9 heteroatoms. The maximum absolute atomic E-state index is 14.4. The summed E-state index contributed by atoms with van der Waals surface area (Å²) in [5, 5.41) is 2.55. The van der Waals surface area contributed by atoms with Gasteiger partial charge in [-0.05, 0) is 18.2 Å². The largest absolute Gasteiger partial charge is 0.447 e. The van der Waals surface area contributed by atoms with Crippen molar-refractivity contribution < 1.29 is 28.2 Å². The summed E-state index contributed by atoms with van der Waals surface area (Å²) in [5.74, 6) is -0.887. The van der Waals surface area contributed by atoms with E-state index in [4.69, 9.17) is 9.47 Å². The van der Waals surface area contributed by atoms with Gasteiger partial charge in [-0.25, -0.2) is 14.0 Å². The lowest BCUT2D eigenvalue weighted by atomic mass is 10.2. The summed E-state index contributed by atoms with van der Waals surface area (Å²) in [5.41, 5.74) is 0.419. The highest BCUT2D eigenvalue weighted by atomic mass is 19.1. The minimum absolute atomic E-state index is 0.0571. The first kappa shape index (κ1) is 16.0. The van der Waals surface area contributed by atoms with E-state index in [0.717, 1.165) is 4.90 Å². The molecule has 3 amide bonds. The molecule has 2 heterocycles. The fourth-order valence-corrected chi connectivity index (χ4v) is 2.59. The fourth-order valence-electron chi connectivity index (χ4n) is 2.59. The van der Waals surface area contributed by atoms with Crippen molar-refractivity contribution in [1.29, 1.82) is 0 Å². The van der Waals surface area contributed by atoms with Crippen LogP contribution in [0.1, 0.15) is 6.92 Å². The van der Waals surface area contributed by atoms with Crippen LogP contribution in [-0.2, 0) is 14.3 Å². The molecule has 1 aromatic carbocycles. The number of rotatable bonds is 4. The number of benzene rings is 1. The standard InChI is InChI=1S/C15H16FN3O5/c1-9(20)17-7-11-8-19(15(22)24-11)13-3-2-10(6-12(13)16)18-4-5-23-14(18)21/h2-3,6,11H,4-5,7-8H2,1H3,(H,17,20). The van der Waals surface area contributed by atoms with Crippen LogP contribution in [-0.4, -0.2) is 50.4 Å². The van der Waals surface area contributed by atoms with Gasteiger partial charge < -0.3 is 14.8 Å². The SMILES string of the molecule is CC(=O)NCC1CN(c2ccc(N3CCOC3=O)cc2F)C(=O)O1. The smallest absolute Gasteiger partial charge is 0.414 e. The minimum Gasteiger partial charge on any atom is -0.447 e. The van der Waals surface area contributed by atoms with Crippen molar-refractivity contribution >= 4 is 29.5 Å². The van der Waals surface area contributed by atoms with E-state index in [9.17, 15) is 18.8 Å². The van der Waals surface area contributed by atoms with E-state index in [0.29, 0.717) is 12.2 Å². The number of halogens is 1. The third-order valence-electron chi connectivity index (χ3n) is 3.75. The number of cyclic esters (lactones) is 2. The number of hydrogen-bond donors (Lipinski definition) is 1. The van der Waals surface area contributed by atoms with Crippen molar-refractivity contribution in [2.24, 2.45) is 0 Å². The Morgan fingerprint density at radius 2 is 2.12 bits per heavy atom. The Labute approximate surface area is 137 Å². The second kappa shape index (κ2) is 6.34. The molecule has 24 heavy (non-hydrogen) atoms. The molecule has 0 spiro atoms. The van der Waals surface area contributed by atoms with E-state index in [1.54, 1.807) is 6.07 Å². The molecule has 0 aliphatic carbocycles. The number of amides is 3.